The van der Waals surface area contributed by atoms with Crippen molar-refractivity contribution in [2.45, 2.75) is 70.9 Å². The Morgan fingerprint density at radius 3 is 2.22 bits per heavy atom. The molecule has 0 aliphatic heterocycles. The Kier molecular flexibility index (Phi) is 7.59. The molecule has 0 amide bonds. The van der Waals surface area contributed by atoms with Crippen LogP contribution >= 0.6 is 0 Å². The van der Waals surface area contributed by atoms with Gasteiger partial charge in [-0.15, -0.1) is 0 Å². The number of aliphatic carboxylic acids is 1. The molecule has 0 aromatic carbocycles. The Bertz CT molecular complexity index is 271. The maximum atomic E-state index is 11.4. The summed E-state index contributed by atoms with van der Waals surface area (Å²) < 4.78 is 5.18. The predicted molar refractivity (Wildman–Crippen MR) is 69.2 cm³/mol. The highest BCUT2D eigenvalue weighted by molar-refractivity contribution is 5.72. The highest BCUT2D eigenvalue weighted by Gasteiger charge is 2.15. The first kappa shape index (κ1) is 16.9. The number of carbonyl (C=O) groups is 2. The summed E-state index contributed by atoms with van der Waals surface area (Å²) in [6, 6.07) is -0.768. The van der Waals surface area contributed by atoms with Gasteiger partial charge in [-0.05, 0) is 33.6 Å². The summed E-state index contributed by atoms with van der Waals surface area (Å²) in [7, 11) is 0. The summed E-state index contributed by atoms with van der Waals surface area (Å²) in [5.41, 5.74) is 4.95. The number of carboxylic acids is 1. The second-order valence-corrected chi connectivity index (χ2v) is 5.48. The molecule has 3 N–H and O–H groups in total. The Balaban J connectivity index is 3.46. The molecule has 0 spiro atoms. The first-order valence-corrected chi connectivity index (χ1v) is 6.42. The molecule has 1 unspecified atom stereocenters. The Morgan fingerprint density at radius 2 is 1.72 bits per heavy atom. The third-order valence-corrected chi connectivity index (χ3v) is 2.38. The molecular formula is C13H25NO4. The van der Waals surface area contributed by atoms with E-state index in [1.807, 2.05) is 20.8 Å². The van der Waals surface area contributed by atoms with Crippen molar-refractivity contribution in [1.82, 2.24) is 0 Å². The standard InChI is InChI=1S/C13H25NO4/c1-13(2,3)18-11(15)9-7-5-4-6-8-10(14)12(16)17/h10H,4-9,14H2,1-3H3,(H,16,17). The second kappa shape index (κ2) is 8.08. The van der Waals surface area contributed by atoms with Crippen LogP contribution in [-0.2, 0) is 14.3 Å². The van der Waals surface area contributed by atoms with Crippen LogP contribution in [0.2, 0.25) is 0 Å². The summed E-state index contributed by atoms with van der Waals surface area (Å²) >= 11 is 0. The molecule has 5 heteroatoms. The molecular weight excluding hydrogens is 234 g/mol. The maximum absolute atomic E-state index is 11.4. The lowest BCUT2D eigenvalue weighted by Crippen LogP contribution is -2.29. The van der Waals surface area contributed by atoms with E-state index in [0.717, 1.165) is 25.7 Å². The number of hydrogen-bond acceptors (Lipinski definition) is 4. The normalized spacial score (nSPS) is 13.1. The average molecular weight is 259 g/mol. The van der Waals surface area contributed by atoms with Crippen LogP contribution in [0.5, 0.6) is 0 Å². The molecule has 0 heterocycles. The number of esters is 1. The average Bonchev–Trinajstić information content (AvgIpc) is 2.19. The van der Waals surface area contributed by atoms with Gasteiger partial charge in [-0.2, -0.15) is 0 Å². The lowest BCUT2D eigenvalue weighted by Gasteiger charge is -2.19. The maximum Gasteiger partial charge on any atom is 0.320 e. The Labute approximate surface area is 109 Å². The fraction of sp³-hybridized carbons (Fsp3) is 0.846. The fourth-order valence-electron chi connectivity index (χ4n) is 1.50. The molecule has 5 nitrogen and oxygen atoms in total. The van der Waals surface area contributed by atoms with Crippen LogP contribution in [0, 0.1) is 0 Å². The molecule has 0 aliphatic rings. The van der Waals surface area contributed by atoms with Crippen LogP contribution in [-0.4, -0.2) is 28.7 Å². The minimum atomic E-state index is -0.955. The molecule has 0 fully saturated rings. The van der Waals surface area contributed by atoms with Gasteiger partial charge in [0.2, 0.25) is 0 Å². The largest absolute Gasteiger partial charge is 0.480 e. The van der Waals surface area contributed by atoms with Crippen LogP contribution in [0.15, 0.2) is 0 Å². The molecule has 106 valence electrons. The zero-order chi connectivity index (χ0) is 14.2. The van der Waals surface area contributed by atoms with E-state index >= 15 is 0 Å². The highest BCUT2D eigenvalue weighted by atomic mass is 16.6. The van der Waals surface area contributed by atoms with Crippen LogP contribution in [0.1, 0.15) is 59.3 Å². The third kappa shape index (κ3) is 10.1. The van der Waals surface area contributed by atoms with E-state index in [4.69, 9.17) is 15.6 Å². The van der Waals surface area contributed by atoms with Crippen LogP contribution < -0.4 is 5.73 Å². The Hall–Kier alpha value is -1.10. The molecule has 0 aliphatic carbocycles. The van der Waals surface area contributed by atoms with Gasteiger partial charge in [0.25, 0.3) is 0 Å². The second-order valence-electron chi connectivity index (χ2n) is 5.48. The van der Waals surface area contributed by atoms with Gasteiger partial charge in [0, 0.05) is 6.42 Å². The summed E-state index contributed by atoms with van der Waals surface area (Å²) in [6.07, 6.45) is 4.25. The number of carbonyl (C=O) groups excluding carboxylic acids is 1. The van der Waals surface area contributed by atoms with Crippen LogP contribution in [0.3, 0.4) is 0 Å². The number of rotatable bonds is 8. The minimum absolute atomic E-state index is 0.176. The van der Waals surface area contributed by atoms with Crippen molar-refractivity contribution in [3.63, 3.8) is 0 Å². The van der Waals surface area contributed by atoms with Gasteiger partial charge in [-0.3, -0.25) is 9.59 Å². The SMILES string of the molecule is CC(C)(C)OC(=O)CCCCCCC(N)C(=O)O. The molecule has 0 aromatic heterocycles. The Morgan fingerprint density at radius 1 is 1.17 bits per heavy atom. The van der Waals surface area contributed by atoms with Gasteiger partial charge in [0.05, 0.1) is 0 Å². The molecule has 0 rings (SSSR count). The van der Waals surface area contributed by atoms with Gasteiger partial charge < -0.3 is 15.6 Å². The minimum Gasteiger partial charge on any atom is -0.480 e. The number of unbranched alkanes of at least 4 members (excludes halogenated alkanes) is 3. The smallest absolute Gasteiger partial charge is 0.320 e. The summed E-state index contributed by atoms with van der Waals surface area (Å²) in [4.78, 5) is 21.8. The van der Waals surface area contributed by atoms with E-state index in [1.165, 1.54) is 0 Å². The molecule has 0 saturated carbocycles. The fourth-order valence-corrected chi connectivity index (χ4v) is 1.50. The van der Waals surface area contributed by atoms with Crippen molar-refractivity contribution in [2.75, 3.05) is 0 Å². The monoisotopic (exact) mass is 259 g/mol. The van der Waals surface area contributed by atoms with E-state index in [0.29, 0.717) is 12.8 Å². The molecule has 0 saturated heterocycles. The summed E-state index contributed by atoms with van der Waals surface area (Å²) in [5, 5.41) is 8.58. The predicted octanol–water partition coefficient (Wildman–Crippen LogP) is 2.08. The number of ether oxygens (including phenoxy) is 1. The summed E-state index contributed by atoms with van der Waals surface area (Å²) in [5.74, 6) is -1.13. The van der Waals surface area contributed by atoms with E-state index in [9.17, 15) is 9.59 Å². The molecule has 0 radical (unpaired) electrons. The molecule has 0 aromatic rings. The van der Waals surface area contributed by atoms with Crippen LogP contribution in [0.4, 0.5) is 0 Å². The van der Waals surface area contributed by atoms with E-state index in [2.05, 4.69) is 0 Å². The lowest BCUT2D eigenvalue weighted by molar-refractivity contribution is -0.155. The van der Waals surface area contributed by atoms with E-state index < -0.39 is 17.6 Å². The number of hydrogen-bond donors (Lipinski definition) is 2. The quantitative estimate of drug-likeness (QED) is 0.514. The number of nitrogens with two attached hydrogens (primary N) is 1. The van der Waals surface area contributed by atoms with Crippen molar-refractivity contribution in [2.24, 2.45) is 5.73 Å². The van der Waals surface area contributed by atoms with Gasteiger partial charge in [-0.1, -0.05) is 19.3 Å². The van der Waals surface area contributed by atoms with Crippen LogP contribution in [0.25, 0.3) is 0 Å². The van der Waals surface area contributed by atoms with Gasteiger partial charge in [-0.25, -0.2) is 0 Å². The molecule has 18 heavy (non-hydrogen) atoms. The zero-order valence-electron chi connectivity index (χ0n) is 11.6. The van der Waals surface area contributed by atoms with Crippen molar-refractivity contribution < 1.29 is 19.4 Å². The number of carboxylic acid groups (broad SMARTS) is 1. The van der Waals surface area contributed by atoms with Crippen molar-refractivity contribution in [3.8, 4) is 0 Å². The first-order chi connectivity index (χ1) is 8.22. The molecule has 0 bridgehead atoms. The van der Waals surface area contributed by atoms with E-state index in [1.54, 1.807) is 0 Å². The van der Waals surface area contributed by atoms with Gasteiger partial charge in [0.15, 0.2) is 0 Å². The lowest BCUT2D eigenvalue weighted by atomic mass is 10.1. The van der Waals surface area contributed by atoms with Gasteiger partial charge >= 0.3 is 11.9 Å². The third-order valence-electron chi connectivity index (χ3n) is 2.38. The highest BCUT2D eigenvalue weighted by Crippen LogP contribution is 2.11. The van der Waals surface area contributed by atoms with Gasteiger partial charge in [0.1, 0.15) is 11.6 Å². The summed E-state index contributed by atoms with van der Waals surface area (Å²) in [6.45, 7) is 5.54. The van der Waals surface area contributed by atoms with E-state index in [-0.39, 0.29) is 5.97 Å². The zero-order valence-corrected chi connectivity index (χ0v) is 11.6. The first-order valence-electron chi connectivity index (χ1n) is 6.42. The molecule has 1 atom stereocenters. The topological polar surface area (TPSA) is 89.6 Å². The van der Waals surface area contributed by atoms with Crippen molar-refractivity contribution >= 4 is 11.9 Å². The van der Waals surface area contributed by atoms with Crippen molar-refractivity contribution in [3.05, 3.63) is 0 Å². The van der Waals surface area contributed by atoms with Crippen molar-refractivity contribution in [1.29, 1.82) is 0 Å².